The highest BCUT2D eigenvalue weighted by atomic mass is 16.6. The number of methoxy groups -OCH3 is 1. The minimum Gasteiger partial charge on any atom is -0.478 e. The van der Waals surface area contributed by atoms with E-state index < -0.39 is 12.1 Å². The number of aliphatic carboxylic acids is 1. The van der Waals surface area contributed by atoms with Crippen LogP contribution in [0, 0.1) is 0 Å². The molecule has 0 saturated heterocycles. The number of aliphatic hydroxyl groups is 2. The van der Waals surface area contributed by atoms with Gasteiger partial charge in [0.2, 0.25) is 0 Å². The molecule has 174 valence electrons. The molecule has 5 unspecified atom stereocenters. The molecule has 0 rings (SSSR count). The molecular weight excluding hydrogens is 384 g/mol. The maximum Gasteiger partial charge on any atom is 0.330 e. The predicted octanol–water partition coefficient (Wildman–Crippen LogP) is 1.25. The molecule has 0 bridgehead atoms. The topological polar surface area (TPSA) is 124 Å². The molecule has 9 nitrogen and oxygen atoms in total. The van der Waals surface area contributed by atoms with Crippen LogP contribution in [-0.4, -0.2) is 98.6 Å². The van der Waals surface area contributed by atoms with Crippen molar-refractivity contribution in [3.8, 4) is 0 Å². The van der Waals surface area contributed by atoms with E-state index in [1.54, 1.807) is 0 Å². The SMILES string of the molecule is C=C(C)C(=O)O.COCC(O)COC(C)COC(C)COC(C)COC(C)CO. The van der Waals surface area contributed by atoms with Crippen molar-refractivity contribution < 1.29 is 43.8 Å². The van der Waals surface area contributed by atoms with Gasteiger partial charge in [-0.15, -0.1) is 0 Å². The second kappa shape index (κ2) is 18.9. The first-order valence-corrected chi connectivity index (χ1v) is 9.66. The Kier molecular flexibility index (Phi) is 19.7. The number of ether oxygens (including phenoxy) is 5. The quantitative estimate of drug-likeness (QED) is 0.314. The first-order chi connectivity index (χ1) is 13.5. The average molecular weight is 425 g/mol. The third-order valence-electron chi connectivity index (χ3n) is 3.40. The van der Waals surface area contributed by atoms with E-state index in [1.807, 2.05) is 27.7 Å². The highest BCUT2D eigenvalue weighted by molar-refractivity contribution is 5.84. The average Bonchev–Trinajstić information content (AvgIpc) is 2.67. The van der Waals surface area contributed by atoms with Crippen molar-refractivity contribution in [1.82, 2.24) is 0 Å². The molecule has 0 radical (unpaired) electrons. The maximum absolute atomic E-state index is 9.60. The van der Waals surface area contributed by atoms with Crippen molar-refractivity contribution in [3.05, 3.63) is 12.2 Å². The van der Waals surface area contributed by atoms with Crippen molar-refractivity contribution in [3.63, 3.8) is 0 Å². The third kappa shape index (κ3) is 21.5. The summed E-state index contributed by atoms with van der Waals surface area (Å²) in [5.74, 6) is -0.935. The number of rotatable bonds is 16. The van der Waals surface area contributed by atoms with Gasteiger partial charge in [0, 0.05) is 12.7 Å². The second-order valence-corrected chi connectivity index (χ2v) is 6.95. The van der Waals surface area contributed by atoms with Crippen LogP contribution < -0.4 is 0 Å². The summed E-state index contributed by atoms with van der Waals surface area (Å²) in [5.41, 5.74) is 0.176. The van der Waals surface area contributed by atoms with Gasteiger partial charge < -0.3 is 39.0 Å². The molecule has 0 aliphatic carbocycles. The molecule has 0 fully saturated rings. The zero-order chi connectivity index (χ0) is 22.8. The molecule has 0 spiro atoms. The molecule has 0 heterocycles. The van der Waals surface area contributed by atoms with Gasteiger partial charge in [-0.2, -0.15) is 0 Å². The van der Waals surface area contributed by atoms with Gasteiger partial charge >= 0.3 is 5.97 Å². The van der Waals surface area contributed by atoms with Crippen molar-refractivity contribution in [2.45, 2.75) is 65.1 Å². The molecule has 9 heteroatoms. The van der Waals surface area contributed by atoms with E-state index in [0.717, 1.165) is 0 Å². The van der Waals surface area contributed by atoms with Crippen LogP contribution >= 0.6 is 0 Å². The molecular formula is C20H40O9. The highest BCUT2D eigenvalue weighted by Gasteiger charge is 2.12. The largest absolute Gasteiger partial charge is 0.478 e. The molecule has 0 amide bonds. The normalized spacial score (nSPS) is 16.1. The minimum atomic E-state index is -0.935. The van der Waals surface area contributed by atoms with Crippen LogP contribution in [0.25, 0.3) is 0 Å². The molecule has 5 atom stereocenters. The Bertz CT molecular complexity index is 405. The Hall–Kier alpha value is -1.07. The van der Waals surface area contributed by atoms with E-state index in [-0.39, 0.29) is 49.8 Å². The van der Waals surface area contributed by atoms with Crippen LogP contribution in [0.5, 0.6) is 0 Å². The summed E-state index contributed by atoms with van der Waals surface area (Å²) in [5, 5.41) is 26.3. The smallest absolute Gasteiger partial charge is 0.330 e. The fourth-order valence-electron chi connectivity index (χ4n) is 1.61. The Labute approximate surface area is 174 Å². The predicted molar refractivity (Wildman–Crippen MR) is 109 cm³/mol. The van der Waals surface area contributed by atoms with Gasteiger partial charge in [-0.05, 0) is 34.6 Å². The summed E-state index contributed by atoms with van der Waals surface area (Å²) in [4.78, 5) is 9.60. The summed E-state index contributed by atoms with van der Waals surface area (Å²) in [6.07, 6.45) is -1.04. The van der Waals surface area contributed by atoms with Crippen molar-refractivity contribution in [2.75, 3.05) is 46.8 Å². The molecule has 0 aliphatic rings. The van der Waals surface area contributed by atoms with Gasteiger partial charge in [0.05, 0.1) is 64.1 Å². The first kappa shape index (κ1) is 30.1. The zero-order valence-corrected chi connectivity index (χ0v) is 18.6. The van der Waals surface area contributed by atoms with E-state index >= 15 is 0 Å². The molecule has 0 aromatic carbocycles. The van der Waals surface area contributed by atoms with Crippen LogP contribution in [0.2, 0.25) is 0 Å². The fourth-order valence-corrected chi connectivity index (χ4v) is 1.61. The minimum absolute atomic E-state index is 0.00318. The Morgan fingerprint density at radius 2 is 1.17 bits per heavy atom. The summed E-state index contributed by atoms with van der Waals surface area (Å²) >= 11 is 0. The van der Waals surface area contributed by atoms with E-state index in [2.05, 4.69) is 6.58 Å². The molecule has 0 aromatic heterocycles. The lowest BCUT2D eigenvalue weighted by atomic mass is 10.3. The van der Waals surface area contributed by atoms with E-state index in [1.165, 1.54) is 14.0 Å². The van der Waals surface area contributed by atoms with Crippen LogP contribution in [-0.2, 0) is 28.5 Å². The second-order valence-electron chi connectivity index (χ2n) is 6.95. The molecule has 0 saturated carbocycles. The summed E-state index contributed by atoms with van der Waals surface area (Å²) in [6, 6.07) is 0. The van der Waals surface area contributed by atoms with Crippen LogP contribution in [0.4, 0.5) is 0 Å². The highest BCUT2D eigenvalue weighted by Crippen LogP contribution is 2.02. The van der Waals surface area contributed by atoms with E-state index in [9.17, 15) is 9.90 Å². The first-order valence-electron chi connectivity index (χ1n) is 9.66. The Morgan fingerprint density at radius 1 is 0.828 bits per heavy atom. The number of carboxylic acids is 1. The van der Waals surface area contributed by atoms with E-state index in [0.29, 0.717) is 19.8 Å². The lowest BCUT2D eigenvalue weighted by Crippen LogP contribution is -2.29. The lowest BCUT2D eigenvalue weighted by molar-refractivity contribution is -0.132. The summed E-state index contributed by atoms with van der Waals surface area (Å²) in [6.45, 7) is 13.9. The third-order valence-corrected chi connectivity index (χ3v) is 3.40. The van der Waals surface area contributed by atoms with Gasteiger partial charge in [0.1, 0.15) is 6.10 Å². The van der Waals surface area contributed by atoms with Crippen LogP contribution in [0.3, 0.4) is 0 Å². The lowest BCUT2D eigenvalue weighted by Gasteiger charge is -2.21. The van der Waals surface area contributed by atoms with Gasteiger partial charge in [-0.1, -0.05) is 6.58 Å². The van der Waals surface area contributed by atoms with Gasteiger partial charge in [-0.25, -0.2) is 4.79 Å². The Balaban J connectivity index is 0. The number of hydrogen-bond acceptors (Lipinski definition) is 8. The van der Waals surface area contributed by atoms with Gasteiger partial charge in [0.25, 0.3) is 0 Å². The summed E-state index contributed by atoms with van der Waals surface area (Å²) in [7, 11) is 1.54. The van der Waals surface area contributed by atoms with Crippen molar-refractivity contribution in [1.29, 1.82) is 0 Å². The number of carboxylic acid groups (broad SMARTS) is 1. The zero-order valence-electron chi connectivity index (χ0n) is 18.6. The number of aliphatic hydroxyl groups excluding tert-OH is 2. The molecule has 3 N–H and O–H groups in total. The fraction of sp³-hybridized carbons (Fsp3) is 0.850. The van der Waals surface area contributed by atoms with Crippen molar-refractivity contribution >= 4 is 5.97 Å². The van der Waals surface area contributed by atoms with E-state index in [4.69, 9.17) is 33.9 Å². The molecule has 0 aromatic rings. The standard InChI is InChI=1S/C16H34O7.C4H6O2/c1-12(6-17)20-7-13(2)21-8-14(3)22-9-15(4)23-11-16(18)10-19-5;1-3(2)4(5)6/h12-18H,6-11H2,1-5H3;1H2,2H3,(H,5,6). The Morgan fingerprint density at radius 3 is 1.48 bits per heavy atom. The summed E-state index contributed by atoms with van der Waals surface area (Å²) < 4.78 is 27.0. The number of carbonyl (C=O) groups is 1. The van der Waals surface area contributed by atoms with Gasteiger partial charge in [-0.3, -0.25) is 0 Å². The monoisotopic (exact) mass is 424 g/mol. The van der Waals surface area contributed by atoms with Crippen molar-refractivity contribution in [2.24, 2.45) is 0 Å². The molecule has 0 aliphatic heterocycles. The number of hydrogen-bond donors (Lipinski definition) is 3. The molecule has 29 heavy (non-hydrogen) atoms. The maximum atomic E-state index is 9.60. The van der Waals surface area contributed by atoms with Crippen LogP contribution in [0.15, 0.2) is 12.2 Å². The van der Waals surface area contributed by atoms with Crippen LogP contribution in [0.1, 0.15) is 34.6 Å². The van der Waals surface area contributed by atoms with Gasteiger partial charge in [0.15, 0.2) is 0 Å².